The predicted molar refractivity (Wildman–Crippen MR) is 68.4 cm³/mol. The van der Waals surface area contributed by atoms with E-state index in [-0.39, 0.29) is 5.91 Å². The summed E-state index contributed by atoms with van der Waals surface area (Å²) >= 11 is 0. The van der Waals surface area contributed by atoms with E-state index in [1.165, 1.54) is 4.90 Å². The summed E-state index contributed by atoms with van der Waals surface area (Å²) < 4.78 is 4.87. The molecule has 0 bridgehead atoms. The Morgan fingerprint density at radius 3 is 2.79 bits per heavy atom. The van der Waals surface area contributed by atoms with E-state index in [1.54, 1.807) is 20.0 Å². The standard InChI is InChI=1S/C13H16N4O2/c1-4-10-6-5-7-11(15-10)13(18)17(3)8-12-14-9(2)19-16-12/h5-7H,4,8H2,1-3H3. The Morgan fingerprint density at radius 1 is 1.37 bits per heavy atom. The molecule has 0 atom stereocenters. The molecule has 2 heterocycles. The van der Waals surface area contributed by atoms with Gasteiger partial charge in [0, 0.05) is 19.7 Å². The minimum absolute atomic E-state index is 0.155. The Kier molecular flexibility index (Phi) is 3.89. The van der Waals surface area contributed by atoms with Crippen LogP contribution in [-0.2, 0) is 13.0 Å². The highest BCUT2D eigenvalue weighted by atomic mass is 16.5. The molecule has 0 aromatic carbocycles. The van der Waals surface area contributed by atoms with Crippen LogP contribution in [-0.4, -0.2) is 33.0 Å². The highest BCUT2D eigenvalue weighted by molar-refractivity contribution is 5.92. The number of aryl methyl sites for hydroxylation is 2. The fraction of sp³-hybridized carbons (Fsp3) is 0.385. The van der Waals surface area contributed by atoms with E-state index < -0.39 is 0 Å². The second kappa shape index (κ2) is 5.60. The van der Waals surface area contributed by atoms with Crippen molar-refractivity contribution < 1.29 is 9.32 Å². The predicted octanol–water partition coefficient (Wildman–Crippen LogP) is 1.61. The molecule has 2 rings (SSSR count). The van der Waals surface area contributed by atoms with E-state index in [1.807, 2.05) is 19.1 Å². The molecule has 2 aromatic heterocycles. The van der Waals surface area contributed by atoms with Crippen LogP contribution in [0, 0.1) is 6.92 Å². The van der Waals surface area contributed by atoms with E-state index in [9.17, 15) is 4.79 Å². The molecule has 0 unspecified atom stereocenters. The molecule has 6 heteroatoms. The Morgan fingerprint density at radius 2 is 2.16 bits per heavy atom. The van der Waals surface area contributed by atoms with Crippen molar-refractivity contribution in [3.05, 3.63) is 41.3 Å². The number of hydrogen-bond donors (Lipinski definition) is 0. The van der Waals surface area contributed by atoms with E-state index in [4.69, 9.17) is 4.52 Å². The zero-order valence-corrected chi connectivity index (χ0v) is 11.3. The molecule has 0 aliphatic rings. The van der Waals surface area contributed by atoms with Crippen LogP contribution in [0.3, 0.4) is 0 Å². The van der Waals surface area contributed by atoms with Crippen molar-refractivity contribution in [3.63, 3.8) is 0 Å². The molecule has 0 fully saturated rings. The lowest BCUT2D eigenvalue weighted by molar-refractivity contribution is 0.0774. The first-order valence-electron chi connectivity index (χ1n) is 6.10. The van der Waals surface area contributed by atoms with Crippen LogP contribution in [0.5, 0.6) is 0 Å². The molecule has 0 saturated carbocycles. The highest BCUT2D eigenvalue weighted by Crippen LogP contribution is 2.06. The van der Waals surface area contributed by atoms with Gasteiger partial charge < -0.3 is 9.42 Å². The molecule has 2 aromatic rings. The summed E-state index contributed by atoms with van der Waals surface area (Å²) in [5.74, 6) is 0.819. The topological polar surface area (TPSA) is 72.1 Å². The highest BCUT2D eigenvalue weighted by Gasteiger charge is 2.15. The number of carbonyl (C=O) groups excluding carboxylic acids is 1. The third-order valence-corrected chi connectivity index (χ3v) is 2.68. The smallest absolute Gasteiger partial charge is 0.272 e. The molecule has 0 aliphatic heterocycles. The maximum absolute atomic E-state index is 12.2. The maximum atomic E-state index is 12.2. The molecule has 0 saturated heterocycles. The van der Waals surface area contributed by atoms with Crippen LogP contribution in [0.15, 0.2) is 22.7 Å². The molecular formula is C13H16N4O2. The van der Waals surface area contributed by atoms with Gasteiger partial charge in [-0.1, -0.05) is 18.1 Å². The van der Waals surface area contributed by atoms with Gasteiger partial charge in [-0.2, -0.15) is 4.98 Å². The van der Waals surface area contributed by atoms with Crippen molar-refractivity contribution in [2.75, 3.05) is 7.05 Å². The van der Waals surface area contributed by atoms with Gasteiger partial charge in [-0.25, -0.2) is 4.98 Å². The summed E-state index contributed by atoms with van der Waals surface area (Å²) in [6.45, 7) is 4.02. The molecule has 19 heavy (non-hydrogen) atoms. The fourth-order valence-electron chi connectivity index (χ4n) is 1.68. The Labute approximate surface area is 111 Å². The SMILES string of the molecule is CCc1cccc(C(=O)N(C)Cc2noc(C)n2)n1. The lowest BCUT2D eigenvalue weighted by Crippen LogP contribution is -2.27. The average Bonchev–Trinajstić information content (AvgIpc) is 2.83. The third kappa shape index (κ3) is 3.15. The van der Waals surface area contributed by atoms with E-state index in [0.29, 0.717) is 24.0 Å². The van der Waals surface area contributed by atoms with Gasteiger partial charge in [0.05, 0.1) is 6.54 Å². The van der Waals surface area contributed by atoms with Crippen LogP contribution in [0.1, 0.15) is 34.8 Å². The Balaban J connectivity index is 2.09. The van der Waals surface area contributed by atoms with Crippen LogP contribution in [0.4, 0.5) is 0 Å². The van der Waals surface area contributed by atoms with Gasteiger partial charge in [-0.15, -0.1) is 0 Å². The lowest BCUT2D eigenvalue weighted by atomic mass is 10.2. The van der Waals surface area contributed by atoms with Gasteiger partial charge in [0.1, 0.15) is 5.69 Å². The van der Waals surface area contributed by atoms with Crippen molar-refractivity contribution in [1.82, 2.24) is 20.0 Å². The van der Waals surface area contributed by atoms with Gasteiger partial charge in [-0.05, 0) is 18.6 Å². The summed E-state index contributed by atoms with van der Waals surface area (Å²) in [6, 6.07) is 5.45. The number of amides is 1. The quantitative estimate of drug-likeness (QED) is 0.835. The largest absolute Gasteiger partial charge is 0.340 e. The fourth-order valence-corrected chi connectivity index (χ4v) is 1.68. The van der Waals surface area contributed by atoms with E-state index in [0.717, 1.165) is 12.1 Å². The molecule has 0 N–H and O–H groups in total. The zero-order chi connectivity index (χ0) is 13.8. The third-order valence-electron chi connectivity index (χ3n) is 2.68. The number of nitrogens with zero attached hydrogens (tertiary/aromatic N) is 4. The van der Waals surface area contributed by atoms with Crippen molar-refractivity contribution in [2.24, 2.45) is 0 Å². The average molecular weight is 260 g/mol. The first-order valence-corrected chi connectivity index (χ1v) is 6.10. The van der Waals surface area contributed by atoms with Crippen LogP contribution < -0.4 is 0 Å². The van der Waals surface area contributed by atoms with Gasteiger partial charge >= 0.3 is 0 Å². The van der Waals surface area contributed by atoms with E-state index >= 15 is 0 Å². The van der Waals surface area contributed by atoms with Crippen LogP contribution in [0.2, 0.25) is 0 Å². The summed E-state index contributed by atoms with van der Waals surface area (Å²) in [7, 11) is 1.69. The van der Waals surface area contributed by atoms with Crippen molar-refractivity contribution in [1.29, 1.82) is 0 Å². The van der Waals surface area contributed by atoms with Crippen molar-refractivity contribution in [3.8, 4) is 0 Å². The van der Waals surface area contributed by atoms with Gasteiger partial charge in [0.2, 0.25) is 5.89 Å². The number of aromatic nitrogens is 3. The molecule has 0 radical (unpaired) electrons. The zero-order valence-electron chi connectivity index (χ0n) is 11.3. The van der Waals surface area contributed by atoms with Crippen LogP contribution in [0.25, 0.3) is 0 Å². The molecule has 1 amide bonds. The maximum Gasteiger partial charge on any atom is 0.272 e. The Hall–Kier alpha value is -2.24. The normalized spacial score (nSPS) is 10.5. The van der Waals surface area contributed by atoms with Crippen molar-refractivity contribution in [2.45, 2.75) is 26.8 Å². The summed E-state index contributed by atoms with van der Waals surface area (Å²) in [5, 5.41) is 3.77. The lowest BCUT2D eigenvalue weighted by Gasteiger charge is -2.14. The molecule has 0 aliphatic carbocycles. The summed E-state index contributed by atoms with van der Waals surface area (Å²) in [5.41, 5.74) is 1.33. The molecule has 100 valence electrons. The summed E-state index contributed by atoms with van der Waals surface area (Å²) in [4.78, 5) is 22.1. The van der Waals surface area contributed by atoms with E-state index in [2.05, 4.69) is 15.1 Å². The summed E-state index contributed by atoms with van der Waals surface area (Å²) in [6.07, 6.45) is 0.800. The number of rotatable bonds is 4. The molecular weight excluding hydrogens is 244 g/mol. The number of carbonyl (C=O) groups is 1. The molecule has 6 nitrogen and oxygen atoms in total. The minimum atomic E-state index is -0.155. The monoisotopic (exact) mass is 260 g/mol. The van der Waals surface area contributed by atoms with Gasteiger partial charge in [-0.3, -0.25) is 4.79 Å². The number of hydrogen-bond acceptors (Lipinski definition) is 5. The molecule has 0 spiro atoms. The van der Waals surface area contributed by atoms with Crippen molar-refractivity contribution >= 4 is 5.91 Å². The first-order chi connectivity index (χ1) is 9.10. The second-order valence-electron chi connectivity index (χ2n) is 4.26. The minimum Gasteiger partial charge on any atom is -0.340 e. The first kappa shape index (κ1) is 13.2. The Bertz CT molecular complexity index is 580. The second-order valence-corrected chi connectivity index (χ2v) is 4.26. The van der Waals surface area contributed by atoms with Gasteiger partial charge in [0.25, 0.3) is 5.91 Å². The van der Waals surface area contributed by atoms with Gasteiger partial charge in [0.15, 0.2) is 5.82 Å². The van der Waals surface area contributed by atoms with Crippen LogP contribution >= 0.6 is 0 Å². The number of pyridine rings is 1.